The summed E-state index contributed by atoms with van der Waals surface area (Å²) < 4.78 is 7.02. The molecule has 0 atom stereocenters. The summed E-state index contributed by atoms with van der Waals surface area (Å²) in [5, 5.41) is 0.816. The van der Waals surface area contributed by atoms with Gasteiger partial charge in [0.25, 0.3) is 0 Å². The molecule has 2 rings (SSSR count). The van der Waals surface area contributed by atoms with E-state index in [1.165, 1.54) is 9.13 Å². The quantitative estimate of drug-likeness (QED) is 0.678. The number of hydrogen-bond acceptors (Lipinski definition) is 1. The van der Waals surface area contributed by atoms with Gasteiger partial charge in [0.1, 0.15) is 12.4 Å². The molecule has 0 aliphatic rings. The van der Waals surface area contributed by atoms with Crippen molar-refractivity contribution in [3.8, 4) is 5.75 Å². The predicted octanol–water partition coefficient (Wildman–Crippen LogP) is 5.14. The second-order valence-electron chi connectivity index (χ2n) is 4.29. The fourth-order valence-corrected chi connectivity index (χ4v) is 2.21. The van der Waals surface area contributed by atoms with E-state index in [0.717, 1.165) is 21.9 Å². The van der Waals surface area contributed by atoms with Gasteiger partial charge < -0.3 is 4.74 Å². The number of rotatable bonds is 3. The molecule has 2 aromatic carbocycles. The smallest absolute Gasteiger partial charge is 0.120 e. The van der Waals surface area contributed by atoms with Crippen LogP contribution in [0.3, 0.4) is 0 Å². The third kappa shape index (κ3) is 3.39. The van der Waals surface area contributed by atoms with E-state index < -0.39 is 0 Å². The molecule has 2 aromatic rings. The van der Waals surface area contributed by atoms with Crippen LogP contribution in [0.5, 0.6) is 5.75 Å². The molecule has 0 amide bonds. The van der Waals surface area contributed by atoms with Crippen LogP contribution in [-0.4, -0.2) is 0 Å². The predicted molar refractivity (Wildman–Crippen MR) is 84.4 cm³/mol. The van der Waals surface area contributed by atoms with Crippen LogP contribution in [0, 0.1) is 17.4 Å². The average Bonchev–Trinajstić information content (AvgIpc) is 2.35. The lowest BCUT2D eigenvalue weighted by Gasteiger charge is -2.10. The molecule has 0 fully saturated rings. The highest BCUT2D eigenvalue weighted by molar-refractivity contribution is 14.1. The molecule has 0 aliphatic carbocycles. The molecular formula is C15H14ClIO. The molecule has 0 unspecified atom stereocenters. The van der Waals surface area contributed by atoms with E-state index in [1.807, 2.05) is 26.0 Å². The minimum Gasteiger partial charge on any atom is -0.489 e. The zero-order chi connectivity index (χ0) is 13.1. The molecule has 0 bridgehead atoms. The summed E-state index contributed by atoms with van der Waals surface area (Å²) in [6.45, 7) is 4.57. The Bertz CT molecular complexity index is 526. The lowest BCUT2D eigenvalue weighted by molar-refractivity contribution is 0.306. The lowest BCUT2D eigenvalue weighted by atomic mass is 10.1. The van der Waals surface area contributed by atoms with Crippen LogP contribution in [0.15, 0.2) is 36.4 Å². The topological polar surface area (TPSA) is 9.23 Å². The Balaban J connectivity index is 2.08. The fourth-order valence-electron chi connectivity index (χ4n) is 1.74. The van der Waals surface area contributed by atoms with Gasteiger partial charge in [0.05, 0.1) is 0 Å². The van der Waals surface area contributed by atoms with Crippen LogP contribution >= 0.6 is 34.2 Å². The van der Waals surface area contributed by atoms with E-state index in [9.17, 15) is 0 Å². The Morgan fingerprint density at radius 1 is 1.06 bits per heavy atom. The van der Waals surface area contributed by atoms with Gasteiger partial charge in [-0.1, -0.05) is 23.7 Å². The van der Waals surface area contributed by atoms with Crippen LogP contribution in [0.4, 0.5) is 0 Å². The largest absolute Gasteiger partial charge is 0.489 e. The molecule has 1 nitrogen and oxygen atoms in total. The van der Waals surface area contributed by atoms with Crippen LogP contribution in [-0.2, 0) is 6.61 Å². The molecule has 18 heavy (non-hydrogen) atoms. The molecule has 0 aromatic heterocycles. The van der Waals surface area contributed by atoms with Gasteiger partial charge in [0.2, 0.25) is 0 Å². The Hall–Kier alpha value is -0.740. The third-order valence-corrected chi connectivity index (χ3v) is 4.04. The van der Waals surface area contributed by atoms with Crippen molar-refractivity contribution < 1.29 is 4.74 Å². The zero-order valence-electron chi connectivity index (χ0n) is 10.3. The van der Waals surface area contributed by atoms with Crippen molar-refractivity contribution in [3.63, 3.8) is 0 Å². The molecule has 0 saturated heterocycles. The first-order valence-corrected chi connectivity index (χ1v) is 7.16. The fraction of sp³-hybridized carbons (Fsp3) is 0.200. The summed E-state index contributed by atoms with van der Waals surface area (Å²) in [7, 11) is 0. The van der Waals surface area contributed by atoms with E-state index >= 15 is 0 Å². The molecular weight excluding hydrogens is 359 g/mol. The molecule has 0 heterocycles. The van der Waals surface area contributed by atoms with Gasteiger partial charge in [-0.2, -0.15) is 0 Å². The number of aryl methyl sites for hydroxylation is 2. The molecule has 0 aliphatic heterocycles. The van der Waals surface area contributed by atoms with Crippen LogP contribution < -0.4 is 4.74 Å². The van der Waals surface area contributed by atoms with Crippen molar-refractivity contribution in [2.75, 3.05) is 0 Å². The van der Waals surface area contributed by atoms with Crippen molar-refractivity contribution in [1.29, 1.82) is 0 Å². The van der Waals surface area contributed by atoms with Crippen LogP contribution in [0.2, 0.25) is 5.02 Å². The maximum Gasteiger partial charge on any atom is 0.120 e. The second kappa shape index (κ2) is 5.93. The first-order valence-electron chi connectivity index (χ1n) is 5.70. The number of hydrogen-bond donors (Lipinski definition) is 0. The van der Waals surface area contributed by atoms with Gasteiger partial charge in [-0.15, -0.1) is 0 Å². The summed E-state index contributed by atoms with van der Waals surface area (Å²) in [6.07, 6.45) is 0. The van der Waals surface area contributed by atoms with Gasteiger partial charge in [-0.3, -0.25) is 0 Å². The van der Waals surface area contributed by atoms with Gasteiger partial charge in [-0.05, 0) is 77.4 Å². The van der Waals surface area contributed by atoms with Crippen molar-refractivity contribution in [2.24, 2.45) is 0 Å². The zero-order valence-corrected chi connectivity index (χ0v) is 13.2. The Kier molecular flexibility index (Phi) is 4.51. The minimum atomic E-state index is 0.581. The van der Waals surface area contributed by atoms with Crippen molar-refractivity contribution >= 4 is 34.2 Å². The summed E-state index contributed by atoms with van der Waals surface area (Å²) in [6, 6.07) is 12.3. The first kappa shape index (κ1) is 13.7. The van der Waals surface area contributed by atoms with Gasteiger partial charge >= 0.3 is 0 Å². The van der Waals surface area contributed by atoms with Crippen molar-refractivity contribution in [2.45, 2.75) is 20.5 Å². The first-order chi connectivity index (χ1) is 8.56. The van der Waals surface area contributed by atoms with E-state index in [-0.39, 0.29) is 0 Å². The normalized spacial score (nSPS) is 10.4. The van der Waals surface area contributed by atoms with E-state index in [1.54, 1.807) is 0 Å². The Labute approximate surface area is 126 Å². The van der Waals surface area contributed by atoms with Gasteiger partial charge in [-0.25, -0.2) is 0 Å². The number of halogens is 2. The van der Waals surface area contributed by atoms with Crippen LogP contribution in [0.25, 0.3) is 0 Å². The molecule has 0 N–H and O–H groups in total. The molecule has 0 spiro atoms. The molecule has 0 saturated carbocycles. The highest BCUT2D eigenvalue weighted by Gasteiger charge is 2.03. The summed E-state index contributed by atoms with van der Waals surface area (Å²) in [4.78, 5) is 0. The summed E-state index contributed by atoms with van der Waals surface area (Å²) >= 11 is 8.42. The van der Waals surface area contributed by atoms with Crippen LogP contribution in [0.1, 0.15) is 16.7 Å². The van der Waals surface area contributed by atoms with E-state index in [2.05, 4.69) is 46.9 Å². The van der Waals surface area contributed by atoms with Gasteiger partial charge in [0, 0.05) is 8.59 Å². The Morgan fingerprint density at radius 3 is 2.17 bits per heavy atom. The monoisotopic (exact) mass is 372 g/mol. The minimum absolute atomic E-state index is 0.581. The van der Waals surface area contributed by atoms with Crippen molar-refractivity contribution in [3.05, 3.63) is 61.7 Å². The number of benzene rings is 2. The maximum absolute atomic E-state index is 6.13. The number of ether oxygens (including phenoxy) is 1. The standard InChI is InChI=1S/C15H14ClIO/c1-10-7-14(8-11(2)15(10)16)18-9-12-3-5-13(17)6-4-12/h3-8H,9H2,1-2H3. The SMILES string of the molecule is Cc1cc(OCc2ccc(I)cc2)cc(C)c1Cl. The molecule has 0 radical (unpaired) electrons. The summed E-state index contributed by atoms with van der Waals surface area (Å²) in [5.74, 6) is 0.868. The van der Waals surface area contributed by atoms with E-state index in [4.69, 9.17) is 16.3 Å². The summed E-state index contributed by atoms with van der Waals surface area (Å²) in [5.41, 5.74) is 3.27. The average molecular weight is 373 g/mol. The van der Waals surface area contributed by atoms with Gasteiger partial charge in [0.15, 0.2) is 0 Å². The Morgan fingerprint density at radius 2 is 1.61 bits per heavy atom. The van der Waals surface area contributed by atoms with E-state index in [0.29, 0.717) is 6.61 Å². The second-order valence-corrected chi connectivity index (χ2v) is 5.91. The lowest BCUT2D eigenvalue weighted by Crippen LogP contribution is -1.96. The maximum atomic E-state index is 6.13. The third-order valence-electron chi connectivity index (χ3n) is 2.73. The van der Waals surface area contributed by atoms with Crippen molar-refractivity contribution in [1.82, 2.24) is 0 Å². The molecule has 3 heteroatoms. The highest BCUT2D eigenvalue weighted by Crippen LogP contribution is 2.26. The highest BCUT2D eigenvalue weighted by atomic mass is 127. The molecule has 94 valence electrons.